The zero-order valence-electron chi connectivity index (χ0n) is 18.4. The van der Waals surface area contributed by atoms with Crippen molar-refractivity contribution in [3.63, 3.8) is 0 Å². The molecule has 0 saturated carbocycles. The highest BCUT2D eigenvalue weighted by Crippen LogP contribution is 2.34. The fourth-order valence-corrected chi connectivity index (χ4v) is 3.37. The van der Waals surface area contributed by atoms with Crippen molar-refractivity contribution in [1.29, 1.82) is 0 Å². The van der Waals surface area contributed by atoms with Crippen molar-refractivity contribution in [2.75, 3.05) is 20.3 Å². The van der Waals surface area contributed by atoms with Crippen LogP contribution in [-0.2, 0) is 6.18 Å². The molecule has 3 aromatic carbocycles. The quantitative estimate of drug-likeness (QED) is 0.295. The Morgan fingerprint density at radius 2 is 1.76 bits per heavy atom. The zero-order valence-corrected chi connectivity index (χ0v) is 18.4. The minimum atomic E-state index is -4.75. The van der Waals surface area contributed by atoms with E-state index in [4.69, 9.17) is 9.47 Å². The Bertz CT molecular complexity index is 1160. The monoisotopic (exact) mass is 477 g/mol. The predicted octanol–water partition coefficient (Wildman–Crippen LogP) is 5.95. The van der Waals surface area contributed by atoms with Gasteiger partial charge in [-0.15, -0.1) is 0 Å². The summed E-state index contributed by atoms with van der Waals surface area (Å²) in [6.07, 6.45) is -4.75. The van der Waals surface area contributed by atoms with Gasteiger partial charge >= 0.3 is 12.1 Å². The SMILES string of the molecule is COc1cccc(C(C)NCCOc2cc(F)cc(-c3cc(C(=O)O)cc(C(F)(F)F)c3)c2)c1. The van der Waals surface area contributed by atoms with Gasteiger partial charge in [-0.1, -0.05) is 12.1 Å². The number of halogens is 4. The molecule has 9 heteroatoms. The molecule has 1 unspecified atom stereocenters. The van der Waals surface area contributed by atoms with Crippen LogP contribution in [0.4, 0.5) is 17.6 Å². The number of carbonyl (C=O) groups is 1. The molecule has 1 atom stereocenters. The molecule has 0 amide bonds. The molecule has 0 aliphatic carbocycles. The van der Waals surface area contributed by atoms with Crippen molar-refractivity contribution in [3.05, 3.63) is 83.2 Å². The molecule has 0 radical (unpaired) electrons. The Balaban J connectivity index is 1.72. The van der Waals surface area contributed by atoms with Gasteiger partial charge in [0.05, 0.1) is 18.2 Å². The van der Waals surface area contributed by atoms with Crippen LogP contribution in [0.1, 0.15) is 34.5 Å². The Kier molecular flexibility index (Phi) is 7.78. The zero-order chi connectivity index (χ0) is 24.9. The Hall–Kier alpha value is -3.59. The van der Waals surface area contributed by atoms with Crippen LogP contribution in [0.2, 0.25) is 0 Å². The molecule has 0 spiro atoms. The number of hydrogen-bond donors (Lipinski definition) is 2. The van der Waals surface area contributed by atoms with Gasteiger partial charge in [-0.2, -0.15) is 13.2 Å². The first-order valence-corrected chi connectivity index (χ1v) is 10.3. The Morgan fingerprint density at radius 1 is 1.03 bits per heavy atom. The van der Waals surface area contributed by atoms with E-state index in [1.54, 1.807) is 7.11 Å². The van der Waals surface area contributed by atoms with Gasteiger partial charge < -0.3 is 19.9 Å². The number of benzene rings is 3. The highest BCUT2D eigenvalue weighted by Gasteiger charge is 2.32. The van der Waals surface area contributed by atoms with E-state index < -0.39 is 29.1 Å². The first kappa shape index (κ1) is 25.0. The molecule has 34 heavy (non-hydrogen) atoms. The number of carboxylic acid groups (broad SMARTS) is 1. The number of ether oxygens (including phenoxy) is 2. The molecule has 0 aromatic heterocycles. The van der Waals surface area contributed by atoms with Gasteiger partial charge in [-0.3, -0.25) is 0 Å². The normalized spacial score (nSPS) is 12.3. The fraction of sp³-hybridized carbons (Fsp3) is 0.240. The second-order valence-corrected chi connectivity index (χ2v) is 7.58. The maximum atomic E-state index is 14.2. The molecule has 0 bridgehead atoms. The molecular formula is C25H23F4NO4. The van der Waals surface area contributed by atoms with Crippen LogP contribution in [0, 0.1) is 5.82 Å². The van der Waals surface area contributed by atoms with Crippen LogP contribution in [0.15, 0.2) is 60.7 Å². The molecule has 3 rings (SSSR count). The van der Waals surface area contributed by atoms with E-state index in [2.05, 4.69) is 5.32 Å². The topological polar surface area (TPSA) is 67.8 Å². The number of methoxy groups -OCH3 is 1. The maximum absolute atomic E-state index is 14.2. The number of aromatic carboxylic acids is 1. The lowest BCUT2D eigenvalue weighted by atomic mass is 9.99. The number of hydrogen-bond acceptors (Lipinski definition) is 4. The van der Waals surface area contributed by atoms with Gasteiger partial charge in [0, 0.05) is 18.7 Å². The van der Waals surface area contributed by atoms with Crippen LogP contribution in [0.25, 0.3) is 11.1 Å². The van der Waals surface area contributed by atoms with Gasteiger partial charge in [0.15, 0.2) is 0 Å². The van der Waals surface area contributed by atoms with Gasteiger partial charge in [-0.05, 0) is 66.1 Å². The smallest absolute Gasteiger partial charge is 0.416 e. The minimum absolute atomic E-state index is 0.0127. The van der Waals surface area contributed by atoms with Crippen molar-refractivity contribution in [2.45, 2.75) is 19.1 Å². The molecule has 0 saturated heterocycles. The third kappa shape index (κ3) is 6.48. The highest BCUT2D eigenvalue weighted by molar-refractivity contribution is 5.90. The maximum Gasteiger partial charge on any atom is 0.416 e. The van der Waals surface area contributed by atoms with Crippen molar-refractivity contribution in [1.82, 2.24) is 5.32 Å². The number of rotatable bonds is 9. The summed E-state index contributed by atoms with van der Waals surface area (Å²) in [6.45, 7) is 2.54. The summed E-state index contributed by atoms with van der Waals surface area (Å²) in [6, 6.07) is 13.4. The van der Waals surface area contributed by atoms with Gasteiger partial charge in [-0.25, -0.2) is 9.18 Å². The molecule has 0 aliphatic rings. The summed E-state index contributed by atoms with van der Waals surface area (Å²) in [5.41, 5.74) is -0.689. The van der Waals surface area contributed by atoms with Crippen molar-refractivity contribution in [2.24, 2.45) is 0 Å². The fourth-order valence-electron chi connectivity index (χ4n) is 3.37. The number of nitrogens with one attached hydrogen (secondary N) is 1. The lowest BCUT2D eigenvalue weighted by molar-refractivity contribution is -0.137. The van der Waals surface area contributed by atoms with E-state index >= 15 is 0 Å². The summed E-state index contributed by atoms with van der Waals surface area (Å²) >= 11 is 0. The van der Waals surface area contributed by atoms with Crippen LogP contribution < -0.4 is 14.8 Å². The Morgan fingerprint density at radius 3 is 2.44 bits per heavy atom. The molecule has 0 aliphatic heterocycles. The van der Waals surface area contributed by atoms with Crippen molar-refractivity contribution < 1.29 is 36.9 Å². The summed E-state index contributed by atoms with van der Waals surface area (Å²) in [7, 11) is 1.58. The average molecular weight is 477 g/mol. The molecule has 5 nitrogen and oxygen atoms in total. The molecule has 3 aromatic rings. The van der Waals surface area contributed by atoms with Gasteiger partial charge in [0.25, 0.3) is 0 Å². The molecule has 0 heterocycles. The average Bonchev–Trinajstić information content (AvgIpc) is 2.80. The summed E-state index contributed by atoms with van der Waals surface area (Å²) < 4.78 is 64.6. The van der Waals surface area contributed by atoms with E-state index in [9.17, 15) is 27.5 Å². The molecular weight excluding hydrogens is 454 g/mol. The van der Waals surface area contributed by atoms with Crippen LogP contribution in [0.3, 0.4) is 0 Å². The minimum Gasteiger partial charge on any atom is -0.497 e. The van der Waals surface area contributed by atoms with Crippen molar-refractivity contribution >= 4 is 5.97 Å². The second-order valence-electron chi connectivity index (χ2n) is 7.58. The molecule has 2 N–H and O–H groups in total. The largest absolute Gasteiger partial charge is 0.497 e. The predicted molar refractivity (Wildman–Crippen MR) is 119 cm³/mol. The first-order valence-electron chi connectivity index (χ1n) is 10.3. The summed E-state index contributed by atoms with van der Waals surface area (Å²) in [4.78, 5) is 11.3. The standard InChI is InChI=1S/C25H23F4NO4/c1-15(16-4-3-5-22(12-16)33-2)30-6-7-34-23-13-18(11-21(26)14-23)17-8-19(24(31)32)10-20(9-17)25(27,28)29/h3-5,8-15,30H,6-7H2,1-2H3,(H,31,32). The highest BCUT2D eigenvalue weighted by atomic mass is 19.4. The van der Waals surface area contributed by atoms with Gasteiger partial charge in [0.2, 0.25) is 0 Å². The van der Waals surface area contributed by atoms with E-state index in [0.717, 1.165) is 35.6 Å². The van der Waals surface area contributed by atoms with Crippen molar-refractivity contribution in [3.8, 4) is 22.6 Å². The summed E-state index contributed by atoms with van der Waals surface area (Å²) in [5.74, 6) is -1.40. The van der Waals surface area contributed by atoms with E-state index in [0.29, 0.717) is 12.6 Å². The summed E-state index contributed by atoms with van der Waals surface area (Å²) in [5, 5.41) is 12.4. The van der Waals surface area contributed by atoms with Crippen LogP contribution >= 0.6 is 0 Å². The third-order valence-corrected chi connectivity index (χ3v) is 5.13. The first-order chi connectivity index (χ1) is 16.1. The number of carboxylic acids is 1. The lowest BCUT2D eigenvalue weighted by Crippen LogP contribution is -2.24. The van der Waals surface area contributed by atoms with Crippen LogP contribution in [-0.4, -0.2) is 31.3 Å². The number of alkyl halides is 3. The molecule has 0 fully saturated rings. The van der Waals surface area contributed by atoms with E-state index in [1.165, 1.54) is 6.07 Å². The third-order valence-electron chi connectivity index (χ3n) is 5.13. The Labute approximate surface area is 193 Å². The lowest BCUT2D eigenvalue weighted by Gasteiger charge is -2.16. The molecule has 180 valence electrons. The van der Waals surface area contributed by atoms with E-state index in [1.807, 2.05) is 31.2 Å². The van der Waals surface area contributed by atoms with Gasteiger partial charge in [0.1, 0.15) is 23.9 Å². The van der Waals surface area contributed by atoms with E-state index in [-0.39, 0.29) is 29.5 Å². The second kappa shape index (κ2) is 10.6. The van der Waals surface area contributed by atoms with Crippen LogP contribution in [0.5, 0.6) is 11.5 Å².